The first-order chi connectivity index (χ1) is 14.9. The molecule has 0 radical (unpaired) electrons. The molecule has 2 heterocycles. The Labute approximate surface area is 194 Å². The van der Waals surface area contributed by atoms with Crippen LogP contribution in [-0.2, 0) is 14.8 Å². The van der Waals surface area contributed by atoms with Crippen LogP contribution in [0.25, 0.3) is 11.3 Å². The minimum Gasteiger partial charge on any atom is -0.379 e. The maximum Gasteiger partial charge on any atom is 0.243 e. The fraction of sp³-hybridized carbons (Fsp3) is 0.200. The van der Waals surface area contributed by atoms with Crippen LogP contribution >= 0.6 is 34.5 Å². The summed E-state index contributed by atoms with van der Waals surface area (Å²) in [6.45, 7) is 1.52. The molecule has 1 aliphatic heterocycles. The summed E-state index contributed by atoms with van der Waals surface area (Å²) < 4.78 is 32.5. The van der Waals surface area contributed by atoms with Crippen LogP contribution in [0.15, 0.2) is 57.8 Å². The van der Waals surface area contributed by atoms with Gasteiger partial charge in [-0.05, 0) is 24.3 Å². The van der Waals surface area contributed by atoms with Crippen LogP contribution in [0, 0.1) is 0 Å². The Bertz CT molecular complexity index is 1210. The monoisotopic (exact) mass is 496 g/mol. The van der Waals surface area contributed by atoms with Crippen LogP contribution in [0.1, 0.15) is 5.56 Å². The summed E-state index contributed by atoms with van der Waals surface area (Å²) in [5.41, 5.74) is 4.96. The zero-order valence-corrected chi connectivity index (χ0v) is 19.3. The van der Waals surface area contributed by atoms with Gasteiger partial charge >= 0.3 is 0 Å². The van der Waals surface area contributed by atoms with Crippen molar-refractivity contribution in [3.63, 3.8) is 0 Å². The summed E-state index contributed by atoms with van der Waals surface area (Å²) in [5.74, 6) is 0. The molecule has 0 unspecified atom stereocenters. The zero-order valence-electron chi connectivity index (χ0n) is 16.2. The average molecular weight is 497 g/mol. The number of ether oxygens (including phenoxy) is 1. The van der Waals surface area contributed by atoms with Crippen LogP contribution in [0.4, 0.5) is 5.13 Å². The number of thiazole rings is 1. The first-order valence-corrected chi connectivity index (χ1v) is 12.4. The number of morpholine rings is 1. The lowest BCUT2D eigenvalue weighted by atomic mass is 10.2. The summed E-state index contributed by atoms with van der Waals surface area (Å²) in [6.07, 6.45) is 1.58. The van der Waals surface area contributed by atoms with Crippen LogP contribution < -0.4 is 5.43 Å². The van der Waals surface area contributed by atoms with E-state index in [9.17, 15) is 8.42 Å². The maximum atomic E-state index is 12.9. The van der Waals surface area contributed by atoms with Gasteiger partial charge in [0, 0.05) is 34.6 Å². The summed E-state index contributed by atoms with van der Waals surface area (Å²) in [4.78, 5) is 4.74. The predicted molar refractivity (Wildman–Crippen MR) is 125 cm³/mol. The molecule has 1 N–H and O–H groups in total. The molecule has 4 rings (SSSR count). The first-order valence-electron chi connectivity index (χ1n) is 9.31. The standard InChI is InChI=1S/C20H18Cl2N4O3S2/c21-16-5-4-15(18(22)11-16)12-23-25-20-24-19(13-30-20)14-2-1-3-17(10-14)31(27,28)26-6-8-29-9-7-26/h1-5,10-13H,6-9H2,(H,24,25)/b23-12+. The van der Waals surface area contributed by atoms with Crippen molar-refractivity contribution in [3.8, 4) is 11.3 Å². The van der Waals surface area contributed by atoms with Crippen molar-refractivity contribution in [2.45, 2.75) is 4.90 Å². The molecule has 0 bridgehead atoms. The number of benzene rings is 2. The van der Waals surface area contributed by atoms with E-state index in [0.717, 1.165) is 5.56 Å². The average Bonchev–Trinajstić information content (AvgIpc) is 3.25. The molecule has 11 heteroatoms. The number of nitrogens with one attached hydrogen (secondary N) is 1. The predicted octanol–water partition coefficient (Wildman–Crippen LogP) is 4.58. The Morgan fingerprint density at radius 2 is 1.97 bits per heavy atom. The second-order valence-corrected chi connectivity index (χ2v) is 10.3. The smallest absolute Gasteiger partial charge is 0.243 e. The number of anilines is 1. The Morgan fingerprint density at radius 1 is 1.16 bits per heavy atom. The van der Waals surface area contributed by atoms with Gasteiger partial charge in [0.05, 0.1) is 35.0 Å². The Kier molecular flexibility index (Phi) is 6.90. The number of halogens is 2. The Hall–Kier alpha value is -2.01. The van der Waals surface area contributed by atoms with Crippen molar-refractivity contribution in [2.24, 2.45) is 5.10 Å². The minimum atomic E-state index is -3.57. The highest BCUT2D eigenvalue weighted by atomic mass is 35.5. The molecule has 7 nitrogen and oxygen atoms in total. The van der Waals surface area contributed by atoms with Gasteiger partial charge in [0.15, 0.2) is 0 Å². The van der Waals surface area contributed by atoms with Gasteiger partial charge in [-0.25, -0.2) is 13.4 Å². The molecule has 2 aromatic carbocycles. The van der Waals surface area contributed by atoms with Gasteiger partial charge in [0.2, 0.25) is 15.2 Å². The van der Waals surface area contributed by atoms with E-state index in [0.29, 0.717) is 52.7 Å². The van der Waals surface area contributed by atoms with Gasteiger partial charge in [-0.2, -0.15) is 9.41 Å². The molecular weight excluding hydrogens is 479 g/mol. The number of nitrogens with zero attached hydrogens (tertiary/aromatic N) is 3. The molecule has 0 atom stereocenters. The van der Waals surface area contributed by atoms with Crippen LogP contribution in [0.2, 0.25) is 10.0 Å². The zero-order chi connectivity index (χ0) is 21.8. The molecule has 1 saturated heterocycles. The highest BCUT2D eigenvalue weighted by molar-refractivity contribution is 7.89. The van der Waals surface area contributed by atoms with Gasteiger partial charge in [0.25, 0.3) is 0 Å². The first kappa shape index (κ1) is 22.2. The highest BCUT2D eigenvalue weighted by Gasteiger charge is 2.26. The highest BCUT2D eigenvalue weighted by Crippen LogP contribution is 2.28. The molecule has 3 aromatic rings. The Morgan fingerprint density at radius 3 is 2.74 bits per heavy atom. The number of hydrogen-bond donors (Lipinski definition) is 1. The molecule has 0 spiro atoms. The lowest BCUT2D eigenvalue weighted by Gasteiger charge is -2.26. The number of aromatic nitrogens is 1. The lowest BCUT2D eigenvalue weighted by Crippen LogP contribution is -2.40. The van der Waals surface area contributed by atoms with Gasteiger partial charge in [-0.3, -0.25) is 5.43 Å². The summed E-state index contributed by atoms with van der Waals surface area (Å²) in [5, 5.41) is 7.62. The van der Waals surface area contributed by atoms with E-state index in [1.807, 2.05) is 11.4 Å². The van der Waals surface area contributed by atoms with Crippen LogP contribution in [-0.4, -0.2) is 50.2 Å². The third-order valence-electron chi connectivity index (χ3n) is 4.57. The second-order valence-electron chi connectivity index (χ2n) is 6.62. The third kappa shape index (κ3) is 5.25. The van der Waals surface area contributed by atoms with E-state index in [1.165, 1.54) is 15.6 Å². The van der Waals surface area contributed by atoms with Gasteiger partial charge in [-0.1, -0.05) is 41.4 Å². The normalized spacial score (nSPS) is 15.4. The van der Waals surface area contributed by atoms with Gasteiger partial charge in [0.1, 0.15) is 0 Å². The van der Waals surface area contributed by atoms with E-state index < -0.39 is 10.0 Å². The van der Waals surface area contributed by atoms with Crippen molar-refractivity contribution in [1.29, 1.82) is 0 Å². The third-order valence-corrected chi connectivity index (χ3v) is 7.77. The molecule has 0 aliphatic carbocycles. The van der Waals surface area contributed by atoms with E-state index in [-0.39, 0.29) is 4.90 Å². The summed E-state index contributed by atoms with van der Waals surface area (Å²) >= 11 is 13.4. The molecule has 1 aromatic heterocycles. The molecule has 31 heavy (non-hydrogen) atoms. The molecule has 1 aliphatic rings. The van der Waals surface area contributed by atoms with E-state index in [1.54, 1.807) is 42.6 Å². The molecule has 1 fully saturated rings. The fourth-order valence-corrected chi connectivity index (χ4v) is 5.55. The van der Waals surface area contributed by atoms with E-state index >= 15 is 0 Å². The number of hydrazone groups is 1. The maximum absolute atomic E-state index is 12.9. The van der Waals surface area contributed by atoms with Crippen molar-refractivity contribution < 1.29 is 13.2 Å². The Balaban J connectivity index is 1.49. The SMILES string of the molecule is O=S(=O)(c1cccc(-c2csc(N/N=C/c3ccc(Cl)cc3Cl)n2)c1)N1CCOCC1. The van der Waals surface area contributed by atoms with Crippen LogP contribution in [0.5, 0.6) is 0 Å². The molecular formula is C20H18Cl2N4O3S2. The summed E-state index contributed by atoms with van der Waals surface area (Å²) in [6, 6.07) is 11.9. The van der Waals surface area contributed by atoms with E-state index in [4.69, 9.17) is 27.9 Å². The second kappa shape index (κ2) is 9.64. The number of hydrogen-bond acceptors (Lipinski definition) is 7. The largest absolute Gasteiger partial charge is 0.379 e. The van der Waals surface area contributed by atoms with Crippen molar-refractivity contribution in [3.05, 3.63) is 63.5 Å². The summed E-state index contributed by atoms with van der Waals surface area (Å²) in [7, 11) is -3.57. The minimum absolute atomic E-state index is 0.241. The van der Waals surface area contributed by atoms with Gasteiger partial charge in [-0.15, -0.1) is 11.3 Å². The quantitative estimate of drug-likeness (QED) is 0.398. The van der Waals surface area contributed by atoms with E-state index in [2.05, 4.69) is 15.5 Å². The van der Waals surface area contributed by atoms with Crippen molar-refractivity contribution in [1.82, 2.24) is 9.29 Å². The van der Waals surface area contributed by atoms with Crippen molar-refractivity contribution in [2.75, 3.05) is 31.7 Å². The molecule has 0 saturated carbocycles. The molecule has 0 amide bonds. The lowest BCUT2D eigenvalue weighted by molar-refractivity contribution is 0.0730. The van der Waals surface area contributed by atoms with Gasteiger partial charge < -0.3 is 4.74 Å². The topological polar surface area (TPSA) is 83.9 Å². The number of sulfonamides is 1. The van der Waals surface area contributed by atoms with Crippen LogP contribution in [0.3, 0.4) is 0 Å². The fourth-order valence-electron chi connectivity index (χ4n) is 2.97. The molecule has 162 valence electrons. The number of rotatable bonds is 6. The van der Waals surface area contributed by atoms with Crippen molar-refractivity contribution >= 4 is 55.9 Å².